The van der Waals surface area contributed by atoms with E-state index in [9.17, 15) is 13.6 Å². The van der Waals surface area contributed by atoms with Crippen LogP contribution in [0.5, 0.6) is 0 Å². The number of piperidine rings is 1. The Bertz CT molecular complexity index is 467. The second-order valence-electron chi connectivity index (χ2n) is 5.20. The smallest absolute Gasteiger partial charge is 0.162 e. The fraction of sp³-hybridized carbons (Fsp3) is 0.533. The number of ketones is 1. The minimum Gasteiger partial charge on any atom is -0.317 e. The Balaban J connectivity index is 2.17. The van der Waals surface area contributed by atoms with E-state index in [0.29, 0.717) is 0 Å². The summed E-state index contributed by atoms with van der Waals surface area (Å²) in [5, 5.41) is 3.23. The van der Waals surface area contributed by atoms with Crippen LogP contribution in [0.1, 0.15) is 31.7 Å². The molecule has 0 radical (unpaired) electrons. The average Bonchev–Trinajstić information content (AvgIpc) is 2.44. The third kappa shape index (κ3) is 2.84. The molecule has 1 heterocycles. The van der Waals surface area contributed by atoms with Crippen molar-refractivity contribution < 1.29 is 13.6 Å². The van der Waals surface area contributed by atoms with E-state index in [-0.39, 0.29) is 23.2 Å². The molecule has 0 spiro atoms. The van der Waals surface area contributed by atoms with Crippen LogP contribution in [0.15, 0.2) is 18.2 Å². The summed E-state index contributed by atoms with van der Waals surface area (Å²) < 4.78 is 26.8. The molecule has 1 aromatic rings. The summed E-state index contributed by atoms with van der Waals surface area (Å²) >= 11 is 0. The number of hydrogen-bond donors (Lipinski definition) is 1. The van der Waals surface area contributed by atoms with Crippen LogP contribution in [0, 0.1) is 17.0 Å². The number of halogens is 2. The highest BCUT2D eigenvalue weighted by atomic mass is 19.2. The monoisotopic (exact) mass is 267 g/mol. The number of rotatable bonds is 4. The van der Waals surface area contributed by atoms with Gasteiger partial charge in [0.2, 0.25) is 0 Å². The van der Waals surface area contributed by atoms with E-state index in [2.05, 4.69) is 5.32 Å². The summed E-state index contributed by atoms with van der Waals surface area (Å²) in [6.45, 7) is 3.61. The topological polar surface area (TPSA) is 29.1 Å². The summed E-state index contributed by atoms with van der Waals surface area (Å²) in [5.74, 6) is -1.75. The molecule has 1 aliphatic rings. The largest absolute Gasteiger partial charge is 0.317 e. The van der Waals surface area contributed by atoms with Crippen LogP contribution < -0.4 is 5.32 Å². The molecule has 1 N–H and O–H groups in total. The maximum atomic E-state index is 13.6. The number of benzene rings is 1. The number of nitrogens with one attached hydrogen (secondary N) is 1. The van der Waals surface area contributed by atoms with Gasteiger partial charge in [-0.05, 0) is 44.0 Å². The third-order valence-corrected chi connectivity index (χ3v) is 4.21. The summed E-state index contributed by atoms with van der Waals surface area (Å²) in [6.07, 6.45) is 2.29. The van der Waals surface area contributed by atoms with Crippen LogP contribution in [-0.2, 0) is 11.2 Å². The van der Waals surface area contributed by atoms with Gasteiger partial charge >= 0.3 is 0 Å². The van der Waals surface area contributed by atoms with Gasteiger partial charge in [-0.25, -0.2) is 8.78 Å². The lowest BCUT2D eigenvalue weighted by Gasteiger charge is -2.35. The second-order valence-corrected chi connectivity index (χ2v) is 5.20. The van der Waals surface area contributed by atoms with Crippen molar-refractivity contribution in [2.24, 2.45) is 5.41 Å². The van der Waals surface area contributed by atoms with Gasteiger partial charge < -0.3 is 5.32 Å². The molecular weight excluding hydrogens is 248 g/mol. The molecule has 0 saturated carbocycles. The molecule has 1 fully saturated rings. The average molecular weight is 267 g/mol. The minimum atomic E-state index is -0.893. The maximum absolute atomic E-state index is 13.6. The van der Waals surface area contributed by atoms with E-state index in [0.717, 1.165) is 38.4 Å². The molecule has 0 atom stereocenters. The first-order valence-electron chi connectivity index (χ1n) is 6.76. The Labute approximate surface area is 112 Å². The predicted molar refractivity (Wildman–Crippen MR) is 69.9 cm³/mol. The molecule has 104 valence electrons. The van der Waals surface area contributed by atoms with E-state index >= 15 is 0 Å². The van der Waals surface area contributed by atoms with Crippen molar-refractivity contribution in [2.75, 3.05) is 13.1 Å². The molecule has 0 unspecified atom stereocenters. The lowest BCUT2D eigenvalue weighted by molar-refractivity contribution is -0.129. The Kier molecular flexibility index (Phi) is 4.30. The number of carbonyl (C=O) groups is 1. The zero-order valence-electron chi connectivity index (χ0n) is 11.1. The zero-order chi connectivity index (χ0) is 13.9. The second kappa shape index (κ2) is 5.78. The fourth-order valence-electron chi connectivity index (χ4n) is 2.78. The van der Waals surface area contributed by atoms with Crippen molar-refractivity contribution >= 4 is 5.78 Å². The molecule has 0 aromatic heterocycles. The van der Waals surface area contributed by atoms with Crippen molar-refractivity contribution in [1.82, 2.24) is 5.32 Å². The van der Waals surface area contributed by atoms with E-state index in [4.69, 9.17) is 0 Å². The molecule has 2 nitrogen and oxygen atoms in total. The van der Waals surface area contributed by atoms with Crippen LogP contribution >= 0.6 is 0 Å². The molecule has 1 aliphatic heterocycles. The van der Waals surface area contributed by atoms with Gasteiger partial charge in [-0.2, -0.15) is 0 Å². The molecule has 0 aliphatic carbocycles. The Morgan fingerprint density at radius 3 is 2.63 bits per heavy atom. The van der Waals surface area contributed by atoms with Crippen molar-refractivity contribution in [3.8, 4) is 0 Å². The van der Waals surface area contributed by atoms with Crippen molar-refractivity contribution in [2.45, 2.75) is 32.6 Å². The predicted octanol–water partition coefficient (Wildman–Crippen LogP) is 2.86. The number of hydrogen-bond acceptors (Lipinski definition) is 2. The highest BCUT2D eigenvalue weighted by Crippen LogP contribution is 2.35. The maximum Gasteiger partial charge on any atom is 0.162 e. The quantitative estimate of drug-likeness (QED) is 0.909. The molecule has 19 heavy (non-hydrogen) atoms. The number of Topliss-reactive ketones (excluding diaryl/α,β-unsaturated/α-hetero) is 1. The van der Waals surface area contributed by atoms with Gasteiger partial charge in [0.25, 0.3) is 0 Å². The van der Waals surface area contributed by atoms with E-state index in [1.165, 1.54) is 12.1 Å². The van der Waals surface area contributed by atoms with Crippen molar-refractivity contribution in [3.63, 3.8) is 0 Å². The minimum absolute atomic E-state index is 0.0164. The third-order valence-electron chi connectivity index (χ3n) is 4.21. The van der Waals surface area contributed by atoms with Gasteiger partial charge in [0.15, 0.2) is 11.6 Å². The molecule has 0 bridgehead atoms. The lowest BCUT2D eigenvalue weighted by atomic mass is 9.71. The normalized spacial score (nSPS) is 18.3. The molecule has 4 heteroatoms. The summed E-state index contributed by atoms with van der Waals surface area (Å²) in [4.78, 5) is 12.5. The highest BCUT2D eigenvalue weighted by Gasteiger charge is 2.37. The molecular formula is C15H19F2NO. The Hall–Kier alpha value is -1.29. The van der Waals surface area contributed by atoms with Gasteiger partial charge in [0.1, 0.15) is 5.78 Å². The first-order chi connectivity index (χ1) is 9.09. The molecule has 1 aromatic carbocycles. The highest BCUT2D eigenvalue weighted by molar-refractivity contribution is 5.87. The summed E-state index contributed by atoms with van der Waals surface area (Å²) in [6, 6.07) is 4.01. The molecule has 1 saturated heterocycles. The van der Waals surface area contributed by atoms with Crippen LogP contribution in [0.2, 0.25) is 0 Å². The van der Waals surface area contributed by atoms with Crippen molar-refractivity contribution in [3.05, 3.63) is 35.4 Å². The summed E-state index contributed by atoms with van der Waals surface area (Å²) in [5.41, 5.74) is -0.208. The Morgan fingerprint density at radius 1 is 1.32 bits per heavy atom. The van der Waals surface area contributed by atoms with Gasteiger partial charge in [0, 0.05) is 11.8 Å². The van der Waals surface area contributed by atoms with E-state index in [1.807, 2.05) is 6.92 Å². The fourth-order valence-corrected chi connectivity index (χ4v) is 2.78. The van der Waals surface area contributed by atoms with Crippen LogP contribution in [0.3, 0.4) is 0 Å². The zero-order valence-corrected chi connectivity index (χ0v) is 11.1. The van der Waals surface area contributed by atoms with Gasteiger partial charge in [-0.1, -0.05) is 19.1 Å². The SMILES string of the molecule is CCC1(C(=O)Cc2cccc(F)c2F)CCNCC1. The lowest BCUT2D eigenvalue weighted by Crippen LogP contribution is -2.42. The van der Waals surface area contributed by atoms with Gasteiger partial charge in [-0.3, -0.25) is 4.79 Å². The first-order valence-corrected chi connectivity index (χ1v) is 6.76. The first kappa shape index (κ1) is 14.1. The summed E-state index contributed by atoms with van der Waals surface area (Å²) in [7, 11) is 0. The Morgan fingerprint density at radius 2 is 2.00 bits per heavy atom. The number of carbonyl (C=O) groups excluding carboxylic acids is 1. The molecule has 2 rings (SSSR count). The van der Waals surface area contributed by atoms with E-state index < -0.39 is 11.6 Å². The standard InChI is InChI=1S/C15H19F2NO/c1-2-15(6-8-18-9-7-15)13(19)10-11-4-3-5-12(16)14(11)17/h3-5,18H,2,6-10H2,1H3. The van der Waals surface area contributed by atoms with Crippen LogP contribution in [-0.4, -0.2) is 18.9 Å². The van der Waals surface area contributed by atoms with Crippen LogP contribution in [0.4, 0.5) is 8.78 Å². The van der Waals surface area contributed by atoms with Crippen molar-refractivity contribution in [1.29, 1.82) is 0 Å². The van der Waals surface area contributed by atoms with E-state index in [1.54, 1.807) is 0 Å². The molecule has 0 amide bonds. The van der Waals surface area contributed by atoms with Crippen LogP contribution in [0.25, 0.3) is 0 Å². The van der Waals surface area contributed by atoms with Gasteiger partial charge in [-0.15, -0.1) is 0 Å². The van der Waals surface area contributed by atoms with Gasteiger partial charge in [0.05, 0.1) is 0 Å².